The molecule has 0 atom stereocenters. The van der Waals surface area contributed by atoms with Crippen molar-refractivity contribution >= 4 is 28.6 Å². The molecule has 0 radical (unpaired) electrons. The van der Waals surface area contributed by atoms with E-state index in [0.29, 0.717) is 6.54 Å². The quantitative estimate of drug-likeness (QED) is 0.717. The number of thiophene rings is 1. The predicted octanol–water partition coefficient (Wildman–Crippen LogP) is 4.23. The first-order valence-corrected chi connectivity index (χ1v) is 9.29. The molecule has 0 saturated carbocycles. The number of hydrogen-bond donors (Lipinski definition) is 1. The summed E-state index contributed by atoms with van der Waals surface area (Å²) >= 11 is 3.36. The van der Waals surface area contributed by atoms with E-state index in [1.807, 2.05) is 24.3 Å². The zero-order valence-corrected chi connectivity index (χ0v) is 15.2. The second-order valence-electron chi connectivity index (χ2n) is 5.27. The smallest absolute Gasteiger partial charge is 0.216 e. The van der Waals surface area contributed by atoms with Gasteiger partial charge in [-0.25, -0.2) is 4.98 Å². The standard InChI is InChI=1S/C18H18N2O2S2/c1-12(21)19-10-9-15-7-8-17(24-15)16-11-23-18(20-16)13-3-5-14(22-2)6-4-13/h3-8,11H,9-10H2,1-2H3,(H,19,21). The number of nitrogens with one attached hydrogen (secondary N) is 1. The number of hydrogen-bond acceptors (Lipinski definition) is 5. The fourth-order valence-electron chi connectivity index (χ4n) is 2.26. The minimum absolute atomic E-state index is 0.00964. The maximum atomic E-state index is 10.9. The van der Waals surface area contributed by atoms with Crippen LogP contribution in [-0.2, 0) is 11.2 Å². The molecule has 3 aromatic rings. The second kappa shape index (κ2) is 7.59. The van der Waals surface area contributed by atoms with Gasteiger partial charge in [-0.15, -0.1) is 22.7 Å². The number of thiazole rings is 1. The van der Waals surface area contributed by atoms with Crippen LogP contribution in [0.2, 0.25) is 0 Å². The van der Waals surface area contributed by atoms with Crippen molar-refractivity contribution in [2.75, 3.05) is 13.7 Å². The van der Waals surface area contributed by atoms with Gasteiger partial charge in [-0.1, -0.05) is 0 Å². The van der Waals surface area contributed by atoms with E-state index in [-0.39, 0.29) is 5.91 Å². The molecule has 0 unspecified atom stereocenters. The lowest BCUT2D eigenvalue weighted by Gasteiger charge is -2.00. The molecule has 0 aliphatic rings. The van der Waals surface area contributed by atoms with Crippen LogP contribution in [-0.4, -0.2) is 24.5 Å². The number of amides is 1. The van der Waals surface area contributed by atoms with Gasteiger partial charge in [-0.3, -0.25) is 4.79 Å². The number of ether oxygens (including phenoxy) is 1. The molecule has 3 rings (SSSR count). The van der Waals surface area contributed by atoms with E-state index in [0.717, 1.165) is 33.3 Å². The lowest BCUT2D eigenvalue weighted by atomic mass is 10.2. The van der Waals surface area contributed by atoms with Crippen LogP contribution in [0.25, 0.3) is 21.1 Å². The Morgan fingerprint density at radius 2 is 2.00 bits per heavy atom. The number of nitrogens with zero attached hydrogens (tertiary/aromatic N) is 1. The van der Waals surface area contributed by atoms with Gasteiger partial charge in [0.05, 0.1) is 17.7 Å². The molecule has 6 heteroatoms. The fourth-order valence-corrected chi connectivity index (χ4v) is 4.13. The van der Waals surface area contributed by atoms with E-state index >= 15 is 0 Å². The van der Waals surface area contributed by atoms with E-state index in [1.54, 1.807) is 29.8 Å². The third-order valence-corrected chi connectivity index (χ3v) is 5.56. The fraction of sp³-hybridized carbons (Fsp3) is 0.222. The Morgan fingerprint density at radius 3 is 2.71 bits per heavy atom. The summed E-state index contributed by atoms with van der Waals surface area (Å²) in [6.45, 7) is 2.21. The van der Waals surface area contributed by atoms with Gasteiger partial charge >= 0.3 is 0 Å². The van der Waals surface area contributed by atoms with Gasteiger partial charge in [-0.05, 0) is 42.8 Å². The first-order valence-electron chi connectivity index (χ1n) is 7.59. The predicted molar refractivity (Wildman–Crippen MR) is 99.8 cm³/mol. The second-order valence-corrected chi connectivity index (χ2v) is 7.29. The molecule has 124 valence electrons. The van der Waals surface area contributed by atoms with Crippen molar-refractivity contribution in [1.82, 2.24) is 10.3 Å². The van der Waals surface area contributed by atoms with Crippen molar-refractivity contribution in [1.29, 1.82) is 0 Å². The summed E-state index contributed by atoms with van der Waals surface area (Å²) in [6, 6.07) is 12.1. The molecule has 0 aliphatic carbocycles. The molecular formula is C18H18N2O2S2. The molecular weight excluding hydrogens is 340 g/mol. The number of carbonyl (C=O) groups excluding carboxylic acids is 1. The summed E-state index contributed by atoms with van der Waals surface area (Å²) in [5, 5.41) is 5.91. The van der Waals surface area contributed by atoms with Crippen molar-refractivity contribution in [2.24, 2.45) is 0 Å². The van der Waals surface area contributed by atoms with Crippen LogP contribution in [0.1, 0.15) is 11.8 Å². The summed E-state index contributed by atoms with van der Waals surface area (Å²) in [5.74, 6) is 0.855. The maximum Gasteiger partial charge on any atom is 0.216 e. The normalized spacial score (nSPS) is 10.6. The van der Waals surface area contributed by atoms with Gasteiger partial charge in [0.25, 0.3) is 0 Å². The van der Waals surface area contributed by atoms with Crippen LogP contribution in [0.5, 0.6) is 5.75 Å². The van der Waals surface area contributed by atoms with Crippen molar-refractivity contribution in [3.8, 4) is 26.9 Å². The largest absolute Gasteiger partial charge is 0.497 e. The van der Waals surface area contributed by atoms with E-state index < -0.39 is 0 Å². The molecule has 2 aromatic heterocycles. The molecule has 0 fully saturated rings. The van der Waals surface area contributed by atoms with Gasteiger partial charge in [0, 0.05) is 29.3 Å². The molecule has 0 saturated heterocycles. The third-order valence-electron chi connectivity index (χ3n) is 3.50. The highest BCUT2D eigenvalue weighted by Crippen LogP contribution is 2.33. The van der Waals surface area contributed by atoms with Crippen LogP contribution in [0, 0.1) is 0 Å². The Balaban J connectivity index is 1.71. The average molecular weight is 358 g/mol. The van der Waals surface area contributed by atoms with Crippen LogP contribution in [0.4, 0.5) is 0 Å². The zero-order chi connectivity index (χ0) is 16.9. The summed E-state index contributed by atoms with van der Waals surface area (Å²) in [5.41, 5.74) is 2.09. The van der Waals surface area contributed by atoms with Gasteiger partial charge in [0.2, 0.25) is 5.91 Å². The van der Waals surface area contributed by atoms with Gasteiger partial charge < -0.3 is 10.1 Å². The van der Waals surface area contributed by atoms with Gasteiger partial charge in [0.1, 0.15) is 10.8 Å². The summed E-state index contributed by atoms with van der Waals surface area (Å²) in [4.78, 5) is 18.1. The molecule has 2 heterocycles. The molecule has 0 spiro atoms. The van der Waals surface area contributed by atoms with Crippen molar-refractivity contribution in [3.05, 3.63) is 46.7 Å². The van der Waals surface area contributed by atoms with Gasteiger partial charge in [-0.2, -0.15) is 0 Å². The van der Waals surface area contributed by atoms with E-state index in [4.69, 9.17) is 9.72 Å². The Bertz CT molecular complexity index is 822. The molecule has 0 bridgehead atoms. The minimum Gasteiger partial charge on any atom is -0.497 e. The monoisotopic (exact) mass is 358 g/mol. The Kier molecular flexibility index (Phi) is 5.27. The lowest BCUT2D eigenvalue weighted by Crippen LogP contribution is -2.21. The Labute approximate surface area is 149 Å². The highest BCUT2D eigenvalue weighted by atomic mass is 32.1. The molecule has 0 aliphatic heterocycles. The highest BCUT2D eigenvalue weighted by molar-refractivity contribution is 7.16. The first kappa shape index (κ1) is 16.7. The SMILES string of the molecule is COc1ccc(-c2nc(-c3ccc(CCNC(C)=O)s3)cs2)cc1. The lowest BCUT2D eigenvalue weighted by molar-refractivity contribution is -0.118. The topological polar surface area (TPSA) is 51.2 Å². The van der Waals surface area contributed by atoms with E-state index in [2.05, 4.69) is 22.8 Å². The molecule has 1 aromatic carbocycles. The first-order chi connectivity index (χ1) is 11.7. The van der Waals surface area contributed by atoms with Crippen molar-refractivity contribution < 1.29 is 9.53 Å². The molecule has 24 heavy (non-hydrogen) atoms. The Hall–Kier alpha value is -2.18. The molecule has 1 amide bonds. The average Bonchev–Trinajstić information content (AvgIpc) is 3.24. The van der Waals surface area contributed by atoms with Crippen LogP contribution >= 0.6 is 22.7 Å². The zero-order valence-electron chi connectivity index (χ0n) is 13.5. The third kappa shape index (κ3) is 4.01. The Morgan fingerprint density at radius 1 is 1.21 bits per heavy atom. The molecule has 4 nitrogen and oxygen atoms in total. The summed E-state index contributed by atoms with van der Waals surface area (Å²) in [6.07, 6.45) is 0.847. The number of rotatable bonds is 6. The van der Waals surface area contributed by atoms with Crippen LogP contribution in [0.15, 0.2) is 41.8 Å². The van der Waals surface area contributed by atoms with E-state index in [1.165, 1.54) is 11.8 Å². The molecule has 1 N–H and O–H groups in total. The number of carbonyl (C=O) groups is 1. The van der Waals surface area contributed by atoms with Crippen molar-refractivity contribution in [2.45, 2.75) is 13.3 Å². The van der Waals surface area contributed by atoms with E-state index in [9.17, 15) is 4.79 Å². The highest BCUT2D eigenvalue weighted by Gasteiger charge is 2.09. The number of aromatic nitrogens is 1. The number of benzene rings is 1. The van der Waals surface area contributed by atoms with Gasteiger partial charge in [0.15, 0.2) is 0 Å². The maximum absolute atomic E-state index is 10.9. The summed E-state index contributed by atoms with van der Waals surface area (Å²) in [7, 11) is 1.66. The minimum atomic E-state index is 0.00964. The van der Waals surface area contributed by atoms with Crippen LogP contribution < -0.4 is 10.1 Å². The summed E-state index contributed by atoms with van der Waals surface area (Å²) < 4.78 is 5.19. The number of methoxy groups -OCH3 is 1. The van der Waals surface area contributed by atoms with Crippen molar-refractivity contribution in [3.63, 3.8) is 0 Å². The van der Waals surface area contributed by atoms with Crippen LogP contribution in [0.3, 0.4) is 0 Å².